The van der Waals surface area contributed by atoms with Crippen LogP contribution in [0.15, 0.2) is 41.1 Å². The van der Waals surface area contributed by atoms with Gasteiger partial charge in [0.25, 0.3) is 0 Å². The summed E-state index contributed by atoms with van der Waals surface area (Å²) in [6.45, 7) is 21.4. The molecule has 0 heterocycles. The van der Waals surface area contributed by atoms with Gasteiger partial charge in [-0.1, -0.05) is 0 Å². The summed E-state index contributed by atoms with van der Waals surface area (Å²) in [5.74, 6) is 0. The molecular weight excluding hydrogens is 542 g/mol. The van der Waals surface area contributed by atoms with E-state index in [4.69, 9.17) is 0 Å². The van der Waals surface area contributed by atoms with Crippen molar-refractivity contribution in [2.75, 3.05) is 0 Å². The molecule has 150 valence electrons. The Balaban J connectivity index is 0.00000312. The first-order valence-corrected chi connectivity index (χ1v) is 28.5. The van der Waals surface area contributed by atoms with Gasteiger partial charge in [0, 0.05) is 0 Å². The quantitative estimate of drug-likeness (QED) is 0.297. The van der Waals surface area contributed by atoms with E-state index >= 15 is 0 Å². The van der Waals surface area contributed by atoms with Gasteiger partial charge >= 0.3 is 154 Å². The van der Waals surface area contributed by atoms with E-state index in [1.165, 1.54) is 12.8 Å². The number of hydrogen-bond donors (Lipinski definition) is 0. The topological polar surface area (TPSA) is 0 Å². The minimum Gasteiger partial charge on any atom is -0.147 e. The second kappa shape index (κ2) is 7.80. The molecule has 26 heavy (non-hydrogen) atoms. The molecule has 0 aromatic heterocycles. The zero-order chi connectivity index (χ0) is 18.7. The molecule has 0 aromatic carbocycles. The molecule has 0 nitrogen and oxygen atoms in total. The molecule has 0 amide bonds. The SMILES string of the molecule is CC1=CC(C(C)(C)C)=[C]([Hf]([CH3])([CH3])(=[SiH2])[C]2=C(C(C)(C)C)C=C(C)C2)C1.Cl.Cl. The fraction of sp³-hybridized carbons (Fsp3) is 0.636. The normalized spacial score (nSPS) is 19.2. The maximum absolute atomic E-state index is 3.28. The summed E-state index contributed by atoms with van der Waals surface area (Å²) in [5, 5.41) is 0. The van der Waals surface area contributed by atoms with Crippen molar-refractivity contribution < 1.29 is 17.1 Å². The van der Waals surface area contributed by atoms with Crippen LogP contribution in [0.2, 0.25) is 9.36 Å². The summed E-state index contributed by atoms with van der Waals surface area (Å²) < 4.78 is 9.12. The Morgan fingerprint density at radius 2 is 1.00 bits per heavy atom. The van der Waals surface area contributed by atoms with Gasteiger partial charge in [0.1, 0.15) is 0 Å². The van der Waals surface area contributed by atoms with E-state index in [2.05, 4.69) is 83.8 Å². The molecule has 0 saturated heterocycles. The summed E-state index contributed by atoms with van der Waals surface area (Å²) in [4.78, 5) is 0. The second-order valence-corrected chi connectivity index (χ2v) is 52.3. The summed E-state index contributed by atoms with van der Waals surface area (Å²) in [6, 6.07) is 0. The van der Waals surface area contributed by atoms with E-state index in [9.17, 15) is 0 Å². The van der Waals surface area contributed by atoms with Crippen molar-refractivity contribution in [3.8, 4) is 0 Å². The first-order chi connectivity index (χ1) is 10.5. The van der Waals surface area contributed by atoms with Crippen molar-refractivity contribution in [3.63, 3.8) is 0 Å². The standard InChI is InChI=1S/2C10H15.2CH3.2ClH.Hf.H2Si/c2*1-8-5-6-9(7-8)10(2,3)4;;;;;;/h2*7H,5H2,1-4H3;2*1H3;2*1H;;1H2. The van der Waals surface area contributed by atoms with Gasteiger partial charge < -0.3 is 0 Å². The Kier molecular flexibility index (Phi) is 7.99. The van der Waals surface area contributed by atoms with Gasteiger partial charge in [-0.2, -0.15) is 0 Å². The Hall–Kier alpha value is 0.627. The predicted octanol–water partition coefficient (Wildman–Crippen LogP) is 7.46. The van der Waals surface area contributed by atoms with E-state index in [-0.39, 0.29) is 35.6 Å². The molecule has 0 unspecified atom stereocenters. The van der Waals surface area contributed by atoms with Crippen LogP contribution in [0.1, 0.15) is 68.2 Å². The molecule has 0 aromatic rings. The van der Waals surface area contributed by atoms with Gasteiger partial charge in [-0.05, 0) is 0 Å². The van der Waals surface area contributed by atoms with Gasteiger partial charge in [0.15, 0.2) is 0 Å². The Morgan fingerprint density at radius 1 is 0.731 bits per heavy atom. The summed E-state index contributed by atoms with van der Waals surface area (Å²) >= 11 is -3.28. The molecule has 0 aliphatic heterocycles. The molecule has 0 spiro atoms. The molecule has 0 atom stereocenters. The molecule has 0 N–H and O–H groups in total. The van der Waals surface area contributed by atoms with Gasteiger partial charge in [0.05, 0.1) is 0 Å². The monoisotopic (exact) mass is 582 g/mol. The van der Waals surface area contributed by atoms with E-state index in [0.29, 0.717) is 0 Å². The molecule has 2 aliphatic rings. The minimum atomic E-state index is -3.28. The molecular formula is C22H40Cl2HfSi. The molecule has 4 heteroatoms. The maximum atomic E-state index is 2.71. The Morgan fingerprint density at radius 3 is 1.23 bits per heavy atom. The van der Waals surface area contributed by atoms with E-state index in [1.54, 1.807) is 22.3 Å². The number of allylic oxidation sites excluding steroid dienone is 8. The fourth-order valence-corrected chi connectivity index (χ4v) is 26.4. The molecule has 0 fully saturated rings. The van der Waals surface area contributed by atoms with Crippen LogP contribution < -0.4 is 0 Å². The number of hydrogen-bond acceptors (Lipinski definition) is 0. The summed E-state index contributed by atoms with van der Waals surface area (Å²) in [7, 11) is 0. The minimum absolute atomic E-state index is 0. The van der Waals surface area contributed by atoms with E-state index < -0.39 is 17.1 Å². The molecule has 0 radical (unpaired) electrons. The van der Waals surface area contributed by atoms with Crippen molar-refractivity contribution >= 4 is 31.8 Å². The van der Waals surface area contributed by atoms with Crippen LogP contribution >= 0.6 is 24.8 Å². The Bertz CT molecular complexity index is 712. The fourth-order valence-electron chi connectivity index (χ4n) is 4.47. The van der Waals surface area contributed by atoms with Crippen LogP contribution in [-0.4, -0.2) is 6.94 Å². The van der Waals surface area contributed by atoms with Crippen molar-refractivity contribution in [1.82, 2.24) is 0 Å². The van der Waals surface area contributed by atoms with Crippen LogP contribution in [-0.2, 0) is 17.1 Å². The van der Waals surface area contributed by atoms with Crippen LogP contribution in [0.25, 0.3) is 0 Å². The third kappa shape index (κ3) is 4.96. The summed E-state index contributed by atoms with van der Waals surface area (Å²) in [5.41, 5.74) is 6.94. The van der Waals surface area contributed by atoms with Gasteiger partial charge in [-0.25, -0.2) is 0 Å². The smallest absolute Gasteiger partial charge is 0.147 e. The molecule has 0 bridgehead atoms. The number of rotatable bonds is 2. The third-order valence-electron chi connectivity index (χ3n) is 5.89. The van der Waals surface area contributed by atoms with Crippen molar-refractivity contribution in [1.29, 1.82) is 0 Å². The molecule has 2 aliphatic carbocycles. The first-order valence-electron chi connectivity index (χ1n) is 9.42. The second-order valence-electron chi connectivity index (χ2n) is 11.3. The van der Waals surface area contributed by atoms with Crippen LogP contribution in [0.3, 0.4) is 0 Å². The number of halogens is 2. The predicted molar refractivity (Wildman–Crippen MR) is 124 cm³/mol. The Labute approximate surface area is 177 Å². The van der Waals surface area contributed by atoms with E-state index in [0.717, 1.165) is 0 Å². The van der Waals surface area contributed by atoms with Crippen LogP contribution in [0.5, 0.6) is 0 Å². The molecule has 0 saturated carbocycles. The van der Waals surface area contributed by atoms with Crippen molar-refractivity contribution in [3.05, 3.63) is 41.1 Å². The van der Waals surface area contributed by atoms with Gasteiger partial charge in [-0.3, -0.25) is 0 Å². The van der Waals surface area contributed by atoms with Crippen LogP contribution in [0.4, 0.5) is 0 Å². The summed E-state index contributed by atoms with van der Waals surface area (Å²) in [6.07, 6.45) is 7.47. The van der Waals surface area contributed by atoms with Crippen molar-refractivity contribution in [2.24, 2.45) is 10.8 Å². The van der Waals surface area contributed by atoms with E-state index in [1.807, 2.05) is 6.66 Å². The van der Waals surface area contributed by atoms with Gasteiger partial charge in [-0.15, -0.1) is 24.8 Å². The van der Waals surface area contributed by atoms with Gasteiger partial charge in [0.2, 0.25) is 0 Å². The zero-order valence-corrected chi connectivity index (χ0v) is 25.2. The third-order valence-corrected chi connectivity index (χ3v) is 30.0. The maximum Gasteiger partial charge on any atom is -0.147 e. The van der Waals surface area contributed by atoms with Crippen molar-refractivity contribution in [2.45, 2.75) is 77.6 Å². The largest absolute Gasteiger partial charge is 0.147 e. The first kappa shape index (κ1) is 26.6. The average molecular weight is 582 g/mol. The average Bonchev–Trinajstić information content (AvgIpc) is 2.91. The van der Waals surface area contributed by atoms with Crippen LogP contribution in [0, 0.1) is 10.8 Å². The zero-order valence-electron chi connectivity index (χ0n) is 18.6. The molecule has 2 rings (SSSR count).